The summed E-state index contributed by atoms with van der Waals surface area (Å²) in [7, 11) is 0. The van der Waals surface area contributed by atoms with Crippen molar-refractivity contribution in [1.82, 2.24) is 9.55 Å². The number of nitrogens with two attached hydrogens (primary N) is 1. The van der Waals surface area contributed by atoms with Crippen molar-refractivity contribution in [2.24, 2.45) is 21.9 Å². The summed E-state index contributed by atoms with van der Waals surface area (Å²) in [5.74, 6) is 0.984. The Kier molecular flexibility index (Phi) is 3.03. The number of nitrogens with zero attached hydrogens (tertiary/aromatic N) is 4. The molecule has 2 rings (SSSR count). The molecule has 2 N–H and O–H groups in total. The fourth-order valence-electron chi connectivity index (χ4n) is 1.97. The van der Waals surface area contributed by atoms with E-state index in [-0.39, 0.29) is 0 Å². The topological polar surface area (TPSA) is 68.6 Å². The summed E-state index contributed by atoms with van der Waals surface area (Å²) in [6.07, 6.45) is 5.49. The zero-order chi connectivity index (χ0) is 11.5. The van der Waals surface area contributed by atoms with E-state index in [4.69, 9.17) is 5.73 Å². The zero-order valence-corrected chi connectivity index (χ0v) is 9.72. The van der Waals surface area contributed by atoms with Crippen LogP contribution in [0.2, 0.25) is 0 Å². The van der Waals surface area contributed by atoms with E-state index in [2.05, 4.69) is 33.6 Å². The lowest BCUT2D eigenvalue weighted by Crippen LogP contribution is -2.28. The van der Waals surface area contributed by atoms with E-state index in [9.17, 15) is 0 Å². The van der Waals surface area contributed by atoms with Crippen molar-refractivity contribution >= 4 is 11.5 Å². The minimum absolute atomic E-state index is 0.361. The monoisotopic (exact) mass is 219 g/mol. The number of amidine groups is 1. The highest BCUT2D eigenvalue weighted by Gasteiger charge is 2.23. The number of imidazole rings is 1. The highest BCUT2D eigenvalue weighted by molar-refractivity contribution is 6.04. The minimum atomic E-state index is 0.361. The van der Waals surface area contributed by atoms with Crippen molar-refractivity contribution < 1.29 is 0 Å². The summed E-state index contributed by atoms with van der Waals surface area (Å²) in [4.78, 5) is 4.16. The van der Waals surface area contributed by atoms with Crippen molar-refractivity contribution in [2.45, 2.75) is 33.2 Å². The predicted molar refractivity (Wildman–Crippen MR) is 64.5 cm³/mol. The second kappa shape index (κ2) is 4.47. The molecule has 2 heterocycles. The fourth-order valence-corrected chi connectivity index (χ4v) is 1.97. The Hall–Kier alpha value is -1.65. The standard InChI is InChI=1S/C11H17N5/c1-3-8-5-10(12)14-15-11(8)9-6-13-7-16(9)4-2/h6-8H,3-5H2,1-2H3,(H2,12,14). The molecule has 0 bridgehead atoms. The summed E-state index contributed by atoms with van der Waals surface area (Å²) < 4.78 is 2.08. The van der Waals surface area contributed by atoms with Crippen LogP contribution in [0.3, 0.4) is 0 Å². The molecule has 0 saturated carbocycles. The maximum atomic E-state index is 5.71. The van der Waals surface area contributed by atoms with Crippen LogP contribution < -0.4 is 5.73 Å². The molecule has 0 fully saturated rings. The maximum absolute atomic E-state index is 5.71. The van der Waals surface area contributed by atoms with Gasteiger partial charge in [-0.05, 0) is 13.3 Å². The molecule has 0 saturated heterocycles. The van der Waals surface area contributed by atoms with Crippen LogP contribution in [0.1, 0.15) is 32.4 Å². The first-order chi connectivity index (χ1) is 7.76. The molecule has 1 aliphatic rings. The highest BCUT2D eigenvalue weighted by atomic mass is 15.3. The summed E-state index contributed by atoms with van der Waals surface area (Å²) >= 11 is 0. The second-order valence-corrected chi connectivity index (χ2v) is 3.95. The lowest BCUT2D eigenvalue weighted by atomic mass is 9.93. The Bertz CT molecular complexity index is 429. The molecule has 1 aliphatic heterocycles. The lowest BCUT2D eigenvalue weighted by molar-refractivity contribution is 0.663. The van der Waals surface area contributed by atoms with Gasteiger partial charge in [-0.25, -0.2) is 4.98 Å². The Morgan fingerprint density at radius 2 is 2.25 bits per heavy atom. The first kappa shape index (κ1) is 10.9. The van der Waals surface area contributed by atoms with Crippen LogP contribution in [-0.2, 0) is 6.54 Å². The molecule has 86 valence electrons. The van der Waals surface area contributed by atoms with Crippen molar-refractivity contribution in [3.8, 4) is 0 Å². The predicted octanol–water partition coefficient (Wildman–Crippen LogP) is 1.39. The van der Waals surface area contributed by atoms with Crippen LogP contribution in [0.15, 0.2) is 22.7 Å². The quantitative estimate of drug-likeness (QED) is 0.834. The van der Waals surface area contributed by atoms with Crippen LogP contribution >= 0.6 is 0 Å². The normalized spacial score (nSPS) is 20.5. The van der Waals surface area contributed by atoms with E-state index < -0.39 is 0 Å². The van der Waals surface area contributed by atoms with Gasteiger partial charge in [-0.15, -0.1) is 5.10 Å². The molecular weight excluding hydrogens is 202 g/mol. The number of hydrogen-bond acceptors (Lipinski definition) is 4. The first-order valence-corrected chi connectivity index (χ1v) is 5.66. The van der Waals surface area contributed by atoms with Crippen LogP contribution in [0.25, 0.3) is 0 Å². The molecule has 5 heteroatoms. The Morgan fingerprint density at radius 1 is 1.44 bits per heavy atom. The third kappa shape index (κ3) is 1.85. The van der Waals surface area contributed by atoms with E-state index in [1.54, 1.807) is 0 Å². The van der Waals surface area contributed by atoms with Gasteiger partial charge in [0.2, 0.25) is 0 Å². The molecule has 0 aliphatic carbocycles. The van der Waals surface area contributed by atoms with Gasteiger partial charge in [0.1, 0.15) is 5.84 Å². The molecule has 1 aromatic rings. The molecule has 5 nitrogen and oxygen atoms in total. The molecule has 0 aromatic carbocycles. The minimum Gasteiger partial charge on any atom is -0.386 e. The van der Waals surface area contributed by atoms with Gasteiger partial charge < -0.3 is 10.3 Å². The third-order valence-corrected chi connectivity index (χ3v) is 2.94. The van der Waals surface area contributed by atoms with Crippen molar-refractivity contribution in [2.75, 3.05) is 0 Å². The van der Waals surface area contributed by atoms with Gasteiger partial charge in [0.05, 0.1) is 23.9 Å². The van der Waals surface area contributed by atoms with E-state index in [1.165, 1.54) is 0 Å². The smallest absolute Gasteiger partial charge is 0.123 e. The Labute approximate surface area is 95.1 Å². The molecule has 0 radical (unpaired) electrons. The SMILES string of the molecule is CCC1CC(N)=NN=C1c1cncn1CC. The van der Waals surface area contributed by atoms with Gasteiger partial charge in [0.25, 0.3) is 0 Å². The van der Waals surface area contributed by atoms with Gasteiger partial charge >= 0.3 is 0 Å². The van der Waals surface area contributed by atoms with Crippen molar-refractivity contribution in [3.05, 3.63) is 18.2 Å². The number of aromatic nitrogens is 2. The van der Waals surface area contributed by atoms with Gasteiger partial charge in [0, 0.05) is 18.9 Å². The Balaban J connectivity index is 2.38. The van der Waals surface area contributed by atoms with Gasteiger partial charge in [-0.1, -0.05) is 6.92 Å². The first-order valence-electron chi connectivity index (χ1n) is 5.66. The summed E-state index contributed by atoms with van der Waals surface area (Å²) in [5.41, 5.74) is 7.78. The summed E-state index contributed by atoms with van der Waals surface area (Å²) in [6.45, 7) is 5.13. The zero-order valence-electron chi connectivity index (χ0n) is 9.72. The summed E-state index contributed by atoms with van der Waals surface area (Å²) in [5, 5.41) is 8.21. The van der Waals surface area contributed by atoms with Crippen LogP contribution in [0.5, 0.6) is 0 Å². The van der Waals surface area contributed by atoms with E-state index >= 15 is 0 Å². The van der Waals surface area contributed by atoms with Gasteiger partial charge in [-0.3, -0.25) is 0 Å². The lowest BCUT2D eigenvalue weighted by Gasteiger charge is -2.20. The van der Waals surface area contributed by atoms with Crippen LogP contribution in [-0.4, -0.2) is 21.1 Å². The summed E-state index contributed by atoms with van der Waals surface area (Å²) in [6, 6.07) is 0. The van der Waals surface area contributed by atoms with Gasteiger partial charge in [0.15, 0.2) is 0 Å². The average Bonchev–Trinajstić information content (AvgIpc) is 2.76. The van der Waals surface area contributed by atoms with Crippen LogP contribution in [0, 0.1) is 5.92 Å². The number of aryl methyl sites for hydroxylation is 1. The average molecular weight is 219 g/mol. The molecule has 1 aromatic heterocycles. The van der Waals surface area contributed by atoms with E-state index in [0.29, 0.717) is 11.8 Å². The van der Waals surface area contributed by atoms with Gasteiger partial charge in [-0.2, -0.15) is 5.10 Å². The highest BCUT2D eigenvalue weighted by Crippen LogP contribution is 2.20. The van der Waals surface area contributed by atoms with Crippen LogP contribution in [0.4, 0.5) is 0 Å². The number of rotatable bonds is 3. The van der Waals surface area contributed by atoms with Crippen molar-refractivity contribution in [3.63, 3.8) is 0 Å². The molecule has 16 heavy (non-hydrogen) atoms. The van der Waals surface area contributed by atoms with E-state index in [1.807, 2.05) is 12.5 Å². The van der Waals surface area contributed by atoms with E-state index in [0.717, 1.165) is 30.8 Å². The van der Waals surface area contributed by atoms with Crippen molar-refractivity contribution in [1.29, 1.82) is 0 Å². The molecule has 1 unspecified atom stereocenters. The third-order valence-electron chi connectivity index (χ3n) is 2.94. The second-order valence-electron chi connectivity index (χ2n) is 3.95. The fraction of sp³-hybridized carbons (Fsp3) is 0.545. The molecule has 1 atom stereocenters. The molecule has 0 amide bonds. The maximum Gasteiger partial charge on any atom is 0.123 e. The largest absolute Gasteiger partial charge is 0.386 e. The molecule has 0 spiro atoms. The Morgan fingerprint density at radius 3 is 2.94 bits per heavy atom. The number of hydrogen-bond donors (Lipinski definition) is 1. The molecular formula is C11H17N5.